The first-order valence-electron chi connectivity index (χ1n) is 4.27. The van der Waals surface area contributed by atoms with Gasteiger partial charge in [0.15, 0.2) is 0 Å². The Bertz CT molecular complexity index is 315. The molecular weight excluding hydrogens is 181 g/mol. The van der Waals surface area contributed by atoms with Crippen LogP contribution in [0.25, 0.3) is 0 Å². The number of aromatic nitrogens is 1. The fourth-order valence-electron chi connectivity index (χ4n) is 0.918. The molecule has 0 aliphatic heterocycles. The molecule has 2 nitrogen and oxygen atoms in total. The zero-order chi connectivity index (χ0) is 9.68. The first kappa shape index (κ1) is 16.6. The molecule has 0 N–H and O–H groups in total. The van der Waals surface area contributed by atoms with Crippen molar-refractivity contribution in [1.29, 1.82) is 0 Å². The summed E-state index contributed by atoms with van der Waals surface area (Å²) in [6.07, 6.45) is 7.84. The van der Waals surface area contributed by atoms with Gasteiger partial charge in [0.2, 0.25) is 0 Å². The molecule has 0 aromatic carbocycles. The van der Waals surface area contributed by atoms with E-state index in [2.05, 4.69) is 4.98 Å². The molecule has 15 heavy (non-hydrogen) atoms. The van der Waals surface area contributed by atoms with E-state index in [1.54, 1.807) is 12.3 Å². The van der Waals surface area contributed by atoms with Crippen molar-refractivity contribution in [2.45, 2.75) is 20.3 Å². The van der Waals surface area contributed by atoms with Gasteiger partial charge in [-0.1, -0.05) is 13.3 Å². The van der Waals surface area contributed by atoms with Crippen LogP contribution >= 0.6 is 0 Å². The smallest absolute Gasteiger partial charge is 0.463 e. The second kappa shape index (κ2) is 8.46. The van der Waals surface area contributed by atoms with Crippen LogP contribution in [0.1, 0.15) is 24.9 Å². The van der Waals surface area contributed by atoms with Gasteiger partial charge in [-0.2, -0.15) is 0 Å². The van der Waals surface area contributed by atoms with Gasteiger partial charge in [-0.3, -0.25) is 6.58 Å². The maximum absolute atomic E-state index is 5.39. The second-order valence-electron chi connectivity index (χ2n) is 2.76. The standard InChI is InChI=1S/C11H13NO.CH3.Li/c1-4-10(5-2)6-7-11-12-9(3)8-13-11;;/h1,4,6-8H,5H2,2-3H3;1H3;/q-2;-1;+1/b10-6+;;. The summed E-state index contributed by atoms with van der Waals surface area (Å²) in [5.41, 5.74) is 1.95. The molecule has 0 atom stereocenters. The summed E-state index contributed by atoms with van der Waals surface area (Å²) in [5.74, 6) is 0.616. The van der Waals surface area contributed by atoms with E-state index < -0.39 is 0 Å². The molecule has 0 aliphatic rings. The zero-order valence-electron chi connectivity index (χ0n) is 9.95. The minimum absolute atomic E-state index is 0. The molecule has 0 aliphatic carbocycles. The van der Waals surface area contributed by atoms with Gasteiger partial charge >= 0.3 is 18.9 Å². The predicted molar refractivity (Wildman–Crippen MR) is 58.3 cm³/mol. The minimum atomic E-state index is 0. The molecule has 1 heterocycles. The zero-order valence-corrected chi connectivity index (χ0v) is 9.95. The van der Waals surface area contributed by atoms with Crippen LogP contribution in [-0.2, 0) is 0 Å². The summed E-state index contributed by atoms with van der Waals surface area (Å²) in [6.45, 7) is 9.32. The summed E-state index contributed by atoms with van der Waals surface area (Å²) >= 11 is 0. The van der Waals surface area contributed by atoms with E-state index in [1.807, 2.05) is 26.3 Å². The number of hydrogen-bond acceptors (Lipinski definition) is 2. The normalized spacial score (nSPS) is 9.87. The van der Waals surface area contributed by atoms with Crippen LogP contribution in [0.2, 0.25) is 0 Å². The molecule has 0 spiro atoms. The molecule has 78 valence electrons. The van der Waals surface area contributed by atoms with E-state index >= 15 is 0 Å². The second-order valence-corrected chi connectivity index (χ2v) is 2.76. The molecule has 0 amide bonds. The van der Waals surface area contributed by atoms with Crippen LogP contribution in [0, 0.1) is 27.4 Å². The van der Waals surface area contributed by atoms with Crippen molar-refractivity contribution in [3.05, 3.63) is 56.0 Å². The largest absolute Gasteiger partial charge is 1.00 e. The average Bonchev–Trinajstić information content (AvgIpc) is 2.53. The molecule has 0 radical (unpaired) electrons. The van der Waals surface area contributed by atoms with Crippen LogP contribution in [0.15, 0.2) is 28.4 Å². The van der Waals surface area contributed by atoms with Crippen molar-refractivity contribution in [3.8, 4) is 0 Å². The van der Waals surface area contributed by atoms with Crippen molar-refractivity contribution in [2.75, 3.05) is 0 Å². The average molecular weight is 197 g/mol. The van der Waals surface area contributed by atoms with Gasteiger partial charge in [-0.25, -0.2) is 22.7 Å². The Morgan fingerprint density at radius 1 is 1.67 bits per heavy atom. The summed E-state index contributed by atoms with van der Waals surface area (Å²) in [6, 6.07) is 0. The monoisotopic (exact) mass is 197 g/mol. The van der Waals surface area contributed by atoms with Gasteiger partial charge in [0.25, 0.3) is 0 Å². The third kappa shape index (κ3) is 5.56. The molecule has 1 rings (SSSR count). The Morgan fingerprint density at radius 2 is 2.33 bits per heavy atom. The molecule has 0 saturated heterocycles. The molecule has 0 unspecified atom stereocenters. The SMILES string of the molecule is [CH-]=C/C(=C\[CH-]c1nc(C)co1)CC.[CH3-].[Li+]. The molecule has 3 heteroatoms. The van der Waals surface area contributed by atoms with Crippen LogP contribution < -0.4 is 18.9 Å². The third-order valence-electron chi connectivity index (χ3n) is 1.70. The summed E-state index contributed by atoms with van der Waals surface area (Å²) in [7, 11) is 0. The van der Waals surface area contributed by atoms with Gasteiger partial charge in [-0.15, -0.1) is 6.42 Å². The number of nitrogens with zero attached hydrogens (tertiary/aromatic N) is 1. The Kier molecular flexibility index (Phi) is 9.36. The number of oxazole rings is 1. The van der Waals surface area contributed by atoms with E-state index in [1.165, 1.54) is 0 Å². The predicted octanol–water partition coefficient (Wildman–Crippen LogP) is 0.315. The topological polar surface area (TPSA) is 26.0 Å². The molecule has 0 bridgehead atoms. The summed E-state index contributed by atoms with van der Waals surface area (Å²) in [5, 5.41) is 0. The van der Waals surface area contributed by atoms with E-state index in [-0.39, 0.29) is 26.3 Å². The molecule has 1 aromatic rings. The van der Waals surface area contributed by atoms with Crippen LogP contribution in [0.5, 0.6) is 0 Å². The minimum Gasteiger partial charge on any atom is -0.463 e. The number of hydrogen-bond donors (Lipinski definition) is 0. The number of allylic oxidation sites excluding steroid dienone is 3. The van der Waals surface area contributed by atoms with Gasteiger partial charge in [-0.05, 0) is 6.92 Å². The van der Waals surface area contributed by atoms with Gasteiger partial charge in [0.1, 0.15) is 12.2 Å². The fourth-order valence-corrected chi connectivity index (χ4v) is 0.918. The third-order valence-corrected chi connectivity index (χ3v) is 1.70. The first-order valence-corrected chi connectivity index (χ1v) is 4.27. The van der Waals surface area contributed by atoms with Gasteiger partial charge < -0.3 is 11.8 Å². The van der Waals surface area contributed by atoms with Crippen LogP contribution in [0.3, 0.4) is 0 Å². The fraction of sp³-hybridized carbons (Fsp3) is 0.250. The number of rotatable bonds is 4. The van der Waals surface area contributed by atoms with Gasteiger partial charge in [0.05, 0.1) is 5.69 Å². The Hall–Kier alpha value is -0.843. The van der Waals surface area contributed by atoms with Crippen molar-refractivity contribution in [3.63, 3.8) is 0 Å². The van der Waals surface area contributed by atoms with E-state index in [0.717, 1.165) is 17.7 Å². The molecule has 0 saturated carbocycles. The van der Waals surface area contributed by atoms with Crippen molar-refractivity contribution < 1.29 is 23.3 Å². The Labute approximate surface area is 105 Å². The number of aryl methyl sites for hydroxylation is 1. The van der Waals surface area contributed by atoms with Crippen LogP contribution in [-0.4, -0.2) is 4.98 Å². The van der Waals surface area contributed by atoms with E-state index in [4.69, 9.17) is 11.0 Å². The van der Waals surface area contributed by atoms with E-state index in [0.29, 0.717) is 5.89 Å². The van der Waals surface area contributed by atoms with Crippen LogP contribution in [0.4, 0.5) is 0 Å². The van der Waals surface area contributed by atoms with E-state index in [9.17, 15) is 0 Å². The molecular formula is C12H16LiNO-2. The van der Waals surface area contributed by atoms with Crippen molar-refractivity contribution in [2.24, 2.45) is 0 Å². The molecule has 1 aromatic heterocycles. The molecule has 0 fully saturated rings. The maximum atomic E-state index is 5.39. The Balaban J connectivity index is 0. The Morgan fingerprint density at radius 3 is 2.73 bits per heavy atom. The van der Waals surface area contributed by atoms with Crippen molar-refractivity contribution >= 4 is 0 Å². The summed E-state index contributed by atoms with van der Waals surface area (Å²) in [4.78, 5) is 4.13. The van der Waals surface area contributed by atoms with Crippen molar-refractivity contribution in [1.82, 2.24) is 4.98 Å². The van der Waals surface area contributed by atoms with Gasteiger partial charge in [0, 0.05) is 0 Å². The maximum Gasteiger partial charge on any atom is 1.00 e. The summed E-state index contributed by atoms with van der Waals surface area (Å²) < 4.78 is 5.14. The first-order chi connectivity index (χ1) is 6.26. The quantitative estimate of drug-likeness (QED) is 0.394.